The van der Waals surface area contributed by atoms with E-state index in [-0.39, 0.29) is 11.9 Å². The van der Waals surface area contributed by atoms with Crippen molar-refractivity contribution in [2.75, 3.05) is 5.32 Å². The molecule has 1 aliphatic carbocycles. The van der Waals surface area contributed by atoms with Crippen LogP contribution in [-0.2, 0) is 14.4 Å². The van der Waals surface area contributed by atoms with Crippen molar-refractivity contribution >= 4 is 35.2 Å². The molecule has 2 amide bonds. The van der Waals surface area contributed by atoms with Gasteiger partial charge in [-0.3, -0.25) is 9.59 Å². The molecule has 0 aromatic heterocycles. The number of hydrogen-bond donors (Lipinski definition) is 2. The average Bonchev–Trinajstić information content (AvgIpc) is 2.75. The highest BCUT2D eigenvalue weighted by atomic mass is 32.2. The Morgan fingerprint density at radius 1 is 1.03 bits per heavy atom. The van der Waals surface area contributed by atoms with Gasteiger partial charge in [-0.2, -0.15) is 0 Å². The summed E-state index contributed by atoms with van der Waals surface area (Å²) in [6, 6.07) is 14.3. The number of esters is 1. The maximum absolute atomic E-state index is 13.6. The van der Waals surface area contributed by atoms with Crippen molar-refractivity contribution in [1.82, 2.24) is 5.32 Å². The van der Waals surface area contributed by atoms with Gasteiger partial charge in [0.2, 0.25) is 10.7 Å². The standard InChI is InChI=1S/C23H22N2O4S/c26-20(24-14-8-2-1-3-9-14)19-15-10-4-6-12-17(15)29-22(28)23(19)21(27)25-16-11-5-7-13-18(16)30-23/h4-7,10-14,19H,1-3,8-9H2,(H,24,26)(H,25,27). The Hall–Kier alpha value is -2.80. The smallest absolute Gasteiger partial charge is 0.338 e. The number of carbonyl (C=O) groups is 3. The number of amides is 2. The van der Waals surface area contributed by atoms with Crippen LogP contribution in [0.5, 0.6) is 5.75 Å². The van der Waals surface area contributed by atoms with E-state index >= 15 is 0 Å². The van der Waals surface area contributed by atoms with Crippen molar-refractivity contribution in [1.29, 1.82) is 0 Å². The van der Waals surface area contributed by atoms with E-state index in [0.717, 1.165) is 42.3 Å². The minimum Gasteiger partial charge on any atom is -0.425 e. The minimum absolute atomic E-state index is 0.0670. The molecular weight excluding hydrogens is 400 g/mol. The van der Waals surface area contributed by atoms with Crippen molar-refractivity contribution in [3.63, 3.8) is 0 Å². The molecule has 0 saturated heterocycles. The van der Waals surface area contributed by atoms with Gasteiger partial charge in [-0.25, -0.2) is 4.79 Å². The van der Waals surface area contributed by atoms with Crippen LogP contribution in [0.4, 0.5) is 5.69 Å². The minimum atomic E-state index is -1.71. The Morgan fingerprint density at radius 3 is 2.60 bits per heavy atom. The van der Waals surface area contributed by atoms with E-state index in [1.807, 2.05) is 18.2 Å². The van der Waals surface area contributed by atoms with Gasteiger partial charge in [0.05, 0.1) is 5.69 Å². The van der Waals surface area contributed by atoms with Crippen molar-refractivity contribution < 1.29 is 19.1 Å². The Balaban J connectivity index is 1.60. The van der Waals surface area contributed by atoms with Gasteiger partial charge in [0.15, 0.2) is 0 Å². The van der Waals surface area contributed by atoms with Crippen LogP contribution in [-0.4, -0.2) is 28.6 Å². The first-order valence-corrected chi connectivity index (χ1v) is 11.1. The Morgan fingerprint density at radius 2 is 1.77 bits per heavy atom. The molecule has 2 aliphatic heterocycles. The molecule has 30 heavy (non-hydrogen) atoms. The number of thioether (sulfide) groups is 1. The zero-order valence-electron chi connectivity index (χ0n) is 16.4. The van der Waals surface area contributed by atoms with Crippen LogP contribution in [0.3, 0.4) is 0 Å². The molecule has 2 aromatic rings. The molecule has 154 valence electrons. The second kappa shape index (κ2) is 7.47. The van der Waals surface area contributed by atoms with Gasteiger partial charge in [0.25, 0.3) is 5.91 Å². The number of fused-ring (bicyclic) bond motifs is 2. The quantitative estimate of drug-likeness (QED) is 0.439. The van der Waals surface area contributed by atoms with Gasteiger partial charge in [-0.1, -0.05) is 61.4 Å². The van der Waals surface area contributed by atoms with Gasteiger partial charge in [0.1, 0.15) is 11.7 Å². The summed E-state index contributed by atoms with van der Waals surface area (Å²) in [6.45, 7) is 0. The number of rotatable bonds is 2. The summed E-state index contributed by atoms with van der Waals surface area (Å²) < 4.78 is 3.87. The lowest BCUT2D eigenvalue weighted by atomic mass is 9.80. The van der Waals surface area contributed by atoms with Gasteiger partial charge < -0.3 is 15.4 Å². The Kier molecular flexibility index (Phi) is 4.77. The van der Waals surface area contributed by atoms with Crippen molar-refractivity contribution in [2.45, 2.75) is 53.7 Å². The predicted molar refractivity (Wildman–Crippen MR) is 113 cm³/mol. The maximum atomic E-state index is 13.6. The molecular formula is C23H22N2O4S. The monoisotopic (exact) mass is 422 g/mol. The number of hydrogen-bond acceptors (Lipinski definition) is 5. The third-order valence-electron chi connectivity index (χ3n) is 6.10. The summed E-state index contributed by atoms with van der Waals surface area (Å²) in [4.78, 5) is 41.0. The van der Waals surface area contributed by atoms with Crippen LogP contribution in [0.1, 0.15) is 43.6 Å². The van der Waals surface area contributed by atoms with E-state index in [2.05, 4.69) is 10.6 Å². The number of carbonyl (C=O) groups excluding carboxylic acids is 3. The zero-order valence-corrected chi connectivity index (χ0v) is 17.2. The first-order valence-electron chi connectivity index (χ1n) is 10.3. The Bertz CT molecular complexity index is 1020. The predicted octanol–water partition coefficient (Wildman–Crippen LogP) is 3.62. The molecule has 2 heterocycles. The lowest BCUT2D eigenvalue weighted by Gasteiger charge is -2.42. The van der Waals surface area contributed by atoms with Crippen molar-refractivity contribution in [3.05, 3.63) is 54.1 Å². The average molecular weight is 423 g/mol. The van der Waals surface area contributed by atoms with Gasteiger partial charge in [-0.15, -0.1) is 0 Å². The highest BCUT2D eigenvalue weighted by molar-refractivity contribution is 8.02. The molecule has 2 N–H and O–H groups in total. The fraction of sp³-hybridized carbons (Fsp3) is 0.348. The summed E-state index contributed by atoms with van der Waals surface area (Å²) in [7, 11) is 0. The molecule has 5 rings (SSSR count). The molecule has 0 radical (unpaired) electrons. The van der Waals surface area contributed by atoms with E-state index in [1.165, 1.54) is 6.42 Å². The van der Waals surface area contributed by atoms with Gasteiger partial charge in [-0.05, 0) is 31.0 Å². The molecule has 2 unspecified atom stereocenters. The molecule has 3 aliphatic rings. The Labute approximate surface area is 178 Å². The molecule has 1 spiro atoms. The summed E-state index contributed by atoms with van der Waals surface area (Å²) >= 11 is 1.11. The van der Waals surface area contributed by atoms with Crippen LogP contribution in [0, 0.1) is 0 Å². The topological polar surface area (TPSA) is 84.5 Å². The molecule has 7 heteroatoms. The van der Waals surface area contributed by atoms with Crippen molar-refractivity contribution in [3.8, 4) is 5.75 Å². The third-order valence-corrected chi connectivity index (χ3v) is 7.59. The second-order valence-corrected chi connectivity index (χ2v) is 9.28. The number of nitrogens with one attached hydrogen (secondary N) is 2. The summed E-state index contributed by atoms with van der Waals surface area (Å²) in [5.74, 6) is -2.16. The molecule has 6 nitrogen and oxygen atoms in total. The van der Waals surface area contributed by atoms with Crippen LogP contribution in [0.25, 0.3) is 0 Å². The molecule has 1 fully saturated rings. The fourth-order valence-electron chi connectivity index (χ4n) is 4.60. The number of anilines is 1. The molecule has 2 aromatic carbocycles. The van der Waals surface area contributed by atoms with Crippen LogP contribution in [0.2, 0.25) is 0 Å². The highest BCUT2D eigenvalue weighted by Crippen LogP contribution is 2.54. The van der Waals surface area contributed by atoms with E-state index in [4.69, 9.17) is 4.74 Å². The largest absolute Gasteiger partial charge is 0.425 e. The number of para-hydroxylation sites is 2. The lowest BCUT2D eigenvalue weighted by molar-refractivity contribution is -0.146. The van der Waals surface area contributed by atoms with Crippen LogP contribution >= 0.6 is 11.8 Å². The summed E-state index contributed by atoms with van der Waals surface area (Å²) in [5, 5.41) is 5.96. The van der Waals surface area contributed by atoms with E-state index in [1.54, 1.807) is 30.3 Å². The summed E-state index contributed by atoms with van der Waals surface area (Å²) in [5.41, 5.74) is 1.20. The van der Waals surface area contributed by atoms with Gasteiger partial charge in [0, 0.05) is 16.5 Å². The van der Waals surface area contributed by atoms with E-state index in [0.29, 0.717) is 17.0 Å². The van der Waals surface area contributed by atoms with E-state index in [9.17, 15) is 14.4 Å². The first kappa shape index (κ1) is 19.2. The SMILES string of the molecule is O=C(NC1CCCCC1)C1c2ccccc2OC(=O)C12Sc1ccccc1NC2=O. The zero-order chi connectivity index (χ0) is 20.7. The van der Waals surface area contributed by atoms with Crippen LogP contribution in [0.15, 0.2) is 53.4 Å². The van der Waals surface area contributed by atoms with Crippen molar-refractivity contribution in [2.24, 2.45) is 0 Å². The highest BCUT2D eigenvalue weighted by Gasteiger charge is 2.63. The molecule has 0 bridgehead atoms. The molecule has 1 saturated carbocycles. The second-order valence-electron chi connectivity index (χ2n) is 7.99. The summed E-state index contributed by atoms with van der Waals surface area (Å²) in [6.07, 6.45) is 5.15. The van der Waals surface area contributed by atoms with Crippen LogP contribution < -0.4 is 15.4 Å². The number of benzene rings is 2. The first-order chi connectivity index (χ1) is 14.6. The van der Waals surface area contributed by atoms with E-state index < -0.39 is 22.5 Å². The third kappa shape index (κ3) is 2.99. The molecule has 2 atom stereocenters. The lowest BCUT2D eigenvalue weighted by Crippen LogP contribution is -2.61. The normalized spacial score (nSPS) is 25.7. The number of ether oxygens (including phenoxy) is 1. The maximum Gasteiger partial charge on any atom is 0.338 e. The van der Waals surface area contributed by atoms with Gasteiger partial charge >= 0.3 is 5.97 Å². The fourth-order valence-corrected chi connectivity index (χ4v) is 5.94.